The maximum absolute atomic E-state index is 11.7. The average molecular weight is 210 g/mol. The molecule has 0 unspecified atom stereocenters. The van der Waals surface area contributed by atoms with Crippen LogP contribution in [0.5, 0.6) is 0 Å². The van der Waals surface area contributed by atoms with Crippen LogP contribution in [-0.4, -0.2) is 9.78 Å². The van der Waals surface area contributed by atoms with Crippen molar-refractivity contribution in [1.29, 1.82) is 0 Å². The molecule has 0 aliphatic heterocycles. The van der Waals surface area contributed by atoms with Gasteiger partial charge in [-0.1, -0.05) is 33.6 Å². The minimum atomic E-state index is 0.116. The van der Waals surface area contributed by atoms with Crippen LogP contribution in [0.4, 0.5) is 0 Å². The van der Waals surface area contributed by atoms with Gasteiger partial charge in [0.2, 0.25) is 0 Å². The number of aryl methyl sites for hydroxylation is 1. The van der Waals surface area contributed by atoms with Gasteiger partial charge in [0.05, 0.1) is 0 Å². The first-order valence-electron chi connectivity index (χ1n) is 6.05. The van der Waals surface area contributed by atoms with Crippen LogP contribution in [-0.2, 0) is 19.4 Å². The Bertz CT molecular complexity index is 349. The number of aromatic nitrogens is 2. The molecular formula is C12H22N2O. The fraction of sp³-hybridized carbons (Fsp3) is 0.750. The quantitative estimate of drug-likeness (QED) is 0.769. The molecule has 0 bridgehead atoms. The van der Waals surface area contributed by atoms with E-state index in [-0.39, 0.29) is 5.56 Å². The molecule has 15 heavy (non-hydrogen) atoms. The fourth-order valence-corrected chi connectivity index (χ4v) is 1.97. The van der Waals surface area contributed by atoms with E-state index < -0.39 is 0 Å². The lowest BCUT2D eigenvalue weighted by Gasteiger charge is -2.06. The summed E-state index contributed by atoms with van der Waals surface area (Å²) >= 11 is 0. The number of rotatable bonds is 6. The molecular weight excluding hydrogens is 188 g/mol. The van der Waals surface area contributed by atoms with Gasteiger partial charge in [-0.25, -0.2) is 0 Å². The molecule has 0 spiro atoms. The second-order valence-electron chi connectivity index (χ2n) is 3.97. The molecule has 3 heteroatoms. The highest BCUT2D eigenvalue weighted by Crippen LogP contribution is 2.08. The van der Waals surface area contributed by atoms with Crippen molar-refractivity contribution < 1.29 is 0 Å². The molecule has 1 N–H and O–H groups in total. The van der Waals surface area contributed by atoms with Gasteiger partial charge >= 0.3 is 0 Å². The van der Waals surface area contributed by atoms with E-state index in [1.165, 1.54) is 5.69 Å². The number of unbranched alkanes of at least 4 members (excludes halogenated alkanes) is 1. The third-order valence-electron chi connectivity index (χ3n) is 2.75. The van der Waals surface area contributed by atoms with Gasteiger partial charge in [-0.15, -0.1) is 0 Å². The van der Waals surface area contributed by atoms with Crippen LogP contribution >= 0.6 is 0 Å². The van der Waals surface area contributed by atoms with Crippen LogP contribution in [0.3, 0.4) is 0 Å². The minimum absolute atomic E-state index is 0.116. The summed E-state index contributed by atoms with van der Waals surface area (Å²) in [6.07, 6.45) is 5.17. The molecule has 3 nitrogen and oxygen atoms in total. The van der Waals surface area contributed by atoms with Crippen molar-refractivity contribution in [3.05, 3.63) is 21.6 Å². The molecule has 86 valence electrons. The van der Waals surface area contributed by atoms with Gasteiger partial charge in [0.25, 0.3) is 5.56 Å². The van der Waals surface area contributed by atoms with Crippen molar-refractivity contribution in [3.63, 3.8) is 0 Å². The molecule has 0 fully saturated rings. The third-order valence-corrected chi connectivity index (χ3v) is 2.75. The third kappa shape index (κ3) is 2.74. The first-order chi connectivity index (χ1) is 7.24. The SMILES string of the molecule is CCCCn1[nH]c(=O)c(CCC)c1CC. The van der Waals surface area contributed by atoms with Crippen LogP contribution in [0.2, 0.25) is 0 Å². The van der Waals surface area contributed by atoms with Gasteiger partial charge in [-0.3, -0.25) is 14.6 Å². The summed E-state index contributed by atoms with van der Waals surface area (Å²) in [4.78, 5) is 11.7. The predicted octanol–water partition coefficient (Wildman–Crippen LogP) is 2.49. The summed E-state index contributed by atoms with van der Waals surface area (Å²) in [7, 11) is 0. The van der Waals surface area contributed by atoms with Gasteiger partial charge in [-0.2, -0.15) is 0 Å². The van der Waals surface area contributed by atoms with E-state index >= 15 is 0 Å². The molecule has 0 aliphatic rings. The van der Waals surface area contributed by atoms with Crippen molar-refractivity contribution in [3.8, 4) is 0 Å². The molecule has 0 amide bonds. The van der Waals surface area contributed by atoms with Gasteiger partial charge in [0.15, 0.2) is 0 Å². The maximum Gasteiger partial charge on any atom is 0.267 e. The molecule has 1 heterocycles. The topological polar surface area (TPSA) is 37.8 Å². The second-order valence-corrected chi connectivity index (χ2v) is 3.97. The van der Waals surface area contributed by atoms with Crippen molar-refractivity contribution in [2.45, 2.75) is 59.4 Å². The largest absolute Gasteiger partial charge is 0.289 e. The molecule has 0 aliphatic carbocycles. The standard InChI is InChI=1S/C12H22N2O/c1-4-7-9-14-11(6-3)10(8-5-2)12(15)13-14/h4-9H2,1-3H3,(H,13,15). The number of nitrogens with one attached hydrogen (secondary N) is 1. The zero-order chi connectivity index (χ0) is 11.3. The molecule has 0 saturated carbocycles. The summed E-state index contributed by atoms with van der Waals surface area (Å²) in [5, 5.41) is 2.94. The highest BCUT2D eigenvalue weighted by Gasteiger charge is 2.11. The lowest BCUT2D eigenvalue weighted by molar-refractivity contribution is 0.547. The van der Waals surface area contributed by atoms with E-state index in [1.54, 1.807) is 0 Å². The van der Waals surface area contributed by atoms with Crippen LogP contribution in [0.1, 0.15) is 51.3 Å². The van der Waals surface area contributed by atoms with Crippen LogP contribution in [0.15, 0.2) is 4.79 Å². The fourth-order valence-electron chi connectivity index (χ4n) is 1.97. The summed E-state index contributed by atoms with van der Waals surface area (Å²) in [6, 6.07) is 0. The molecule has 0 atom stereocenters. The van der Waals surface area contributed by atoms with E-state index in [9.17, 15) is 4.79 Å². The average Bonchev–Trinajstić information content (AvgIpc) is 2.53. The molecule has 0 radical (unpaired) electrons. The Morgan fingerprint density at radius 2 is 1.93 bits per heavy atom. The molecule has 1 aromatic heterocycles. The minimum Gasteiger partial charge on any atom is -0.289 e. The monoisotopic (exact) mass is 210 g/mol. The van der Waals surface area contributed by atoms with E-state index in [1.807, 2.05) is 4.68 Å². The number of aromatic amines is 1. The Hall–Kier alpha value is -0.990. The Balaban J connectivity index is 2.96. The van der Waals surface area contributed by atoms with Crippen LogP contribution in [0.25, 0.3) is 0 Å². The van der Waals surface area contributed by atoms with E-state index in [2.05, 4.69) is 25.9 Å². The van der Waals surface area contributed by atoms with Crippen molar-refractivity contribution >= 4 is 0 Å². The van der Waals surface area contributed by atoms with E-state index in [0.29, 0.717) is 0 Å². The molecule has 1 aromatic rings. The first kappa shape index (κ1) is 12.1. The Morgan fingerprint density at radius 1 is 1.20 bits per heavy atom. The molecule has 0 saturated heterocycles. The molecule has 0 aromatic carbocycles. The zero-order valence-electron chi connectivity index (χ0n) is 10.1. The van der Waals surface area contributed by atoms with Crippen molar-refractivity contribution in [2.24, 2.45) is 0 Å². The van der Waals surface area contributed by atoms with Gasteiger partial charge in [-0.05, 0) is 19.3 Å². The summed E-state index contributed by atoms with van der Waals surface area (Å²) in [6.45, 7) is 7.34. The first-order valence-corrected chi connectivity index (χ1v) is 6.05. The van der Waals surface area contributed by atoms with Crippen molar-refractivity contribution in [2.75, 3.05) is 0 Å². The van der Waals surface area contributed by atoms with Gasteiger partial charge in [0.1, 0.15) is 0 Å². The number of hydrogen-bond donors (Lipinski definition) is 1. The lowest BCUT2D eigenvalue weighted by Crippen LogP contribution is -2.08. The van der Waals surface area contributed by atoms with Crippen LogP contribution < -0.4 is 5.56 Å². The summed E-state index contributed by atoms with van der Waals surface area (Å²) in [5.74, 6) is 0. The smallest absolute Gasteiger partial charge is 0.267 e. The van der Waals surface area contributed by atoms with E-state index in [0.717, 1.165) is 44.2 Å². The Morgan fingerprint density at radius 3 is 2.47 bits per heavy atom. The summed E-state index contributed by atoms with van der Waals surface area (Å²) < 4.78 is 2.04. The molecule has 1 rings (SSSR count). The maximum atomic E-state index is 11.7. The second kappa shape index (κ2) is 5.79. The van der Waals surface area contributed by atoms with Crippen molar-refractivity contribution in [1.82, 2.24) is 9.78 Å². The Labute approximate surface area is 91.5 Å². The zero-order valence-corrected chi connectivity index (χ0v) is 10.1. The highest BCUT2D eigenvalue weighted by molar-refractivity contribution is 5.18. The normalized spacial score (nSPS) is 10.9. The lowest BCUT2D eigenvalue weighted by atomic mass is 10.1. The van der Waals surface area contributed by atoms with E-state index in [4.69, 9.17) is 0 Å². The highest BCUT2D eigenvalue weighted by atomic mass is 16.1. The van der Waals surface area contributed by atoms with Gasteiger partial charge < -0.3 is 0 Å². The number of hydrogen-bond acceptors (Lipinski definition) is 1. The summed E-state index contributed by atoms with van der Waals surface area (Å²) in [5.41, 5.74) is 2.32. The predicted molar refractivity (Wildman–Crippen MR) is 63.3 cm³/mol. The van der Waals surface area contributed by atoms with Crippen LogP contribution in [0, 0.1) is 0 Å². The Kier molecular flexibility index (Phi) is 4.66. The van der Waals surface area contributed by atoms with Gasteiger partial charge in [0, 0.05) is 17.8 Å². The number of nitrogens with zero attached hydrogens (tertiary/aromatic N) is 1. The number of H-pyrrole nitrogens is 1.